The van der Waals surface area contributed by atoms with Gasteiger partial charge in [-0.1, -0.05) is 12.0 Å². The van der Waals surface area contributed by atoms with E-state index < -0.39 is 0 Å². The van der Waals surface area contributed by atoms with Crippen molar-refractivity contribution < 1.29 is 9.59 Å². The molecule has 2 aliphatic rings. The summed E-state index contributed by atoms with van der Waals surface area (Å²) in [6.07, 6.45) is 9.36. The lowest BCUT2D eigenvalue weighted by Gasteiger charge is -2.22. The van der Waals surface area contributed by atoms with Crippen LogP contribution in [-0.4, -0.2) is 11.6 Å². The Bertz CT molecular complexity index is 302. The van der Waals surface area contributed by atoms with Gasteiger partial charge in [-0.2, -0.15) is 0 Å². The van der Waals surface area contributed by atoms with E-state index in [-0.39, 0.29) is 11.7 Å². The maximum absolute atomic E-state index is 11.6. The first-order valence-electron chi connectivity index (χ1n) is 6.00. The first-order chi connectivity index (χ1) is 7.25. The van der Waals surface area contributed by atoms with Crippen molar-refractivity contribution in [2.45, 2.75) is 51.4 Å². The molecule has 1 fully saturated rings. The van der Waals surface area contributed by atoms with E-state index in [1.807, 2.05) is 0 Å². The van der Waals surface area contributed by atoms with Crippen LogP contribution in [0.15, 0.2) is 11.6 Å². The Balaban J connectivity index is 1.95. The van der Waals surface area contributed by atoms with E-state index in [0.717, 1.165) is 38.5 Å². The van der Waals surface area contributed by atoms with Crippen LogP contribution < -0.4 is 0 Å². The van der Waals surface area contributed by atoms with E-state index in [1.165, 1.54) is 12.0 Å². The van der Waals surface area contributed by atoms with Crippen LogP contribution in [0, 0.1) is 5.92 Å². The van der Waals surface area contributed by atoms with Crippen LogP contribution in [0.2, 0.25) is 0 Å². The summed E-state index contributed by atoms with van der Waals surface area (Å²) in [5, 5.41) is 0. The van der Waals surface area contributed by atoms with Gasteiger partial charge in [0.15, 0.2) is 5.78 Å². The van der Waals surface area contributed by atoms with Gasteiger partial charge in [0.1, 0.15) is 5.78 Å². The molecule has 2 nitrogen and oxygen atoms in total. The van der Waals surface area contributed by atoms with Crippen molar-refractivity contribution in [3.63, 3.8) is 0 Å². The summed E-state index contributed by atoms with van der Waals surface area (Å²) < 4.78 is 0. The Labute approximate surface area is 90.7 Å². The standard InChI is InChI=1S/C13H18O2/c14-12-6-3-4-10(9-12)8-11-5-1-2-7-13(11)15/h9,11H,1-8H2. The topological polar surface area (TPSA) is 34.1 Å². The van der Waals surface area contributed by atoms with Crippen molar-refractivity contribution in [1.29, 1.82) is 0 Å². The number of carbonyl (C=O) groups is 2. The van der Waals surface area contributed by atoms with Crippen molar-refractivity contribution >= 4 is 11.6 Å². The molecule has 1 saturated carbocycles. The zero-order valence-corrected chi connectivity index (χ0v) is 9.13. The number of hydrogen-bond acceptors (Lipinski definition) is 2. The molecule has 82 valence electrons. The first-order valence-corrected chi connectivity index (χ1v) is 6.00. The molecule has 1 atom stereocenters. The van der Waals surface area contributed by atoms with E-state index >= 15 is 0 Å². The third kappa shape index (κ3) is 2.77. The van der Waals surface area contributed by atoms with E-state index in [9.17, 15) is 9.59 Å². The fourth-order valence-electron chi connectivity index (χ4n) is 2.61. The van der Waals surface area contributed by atoms with Crippen molar-refractivity contribution in [3.05, 3.63) is 11.6 Å². The van der Waals surface area contributed by atoms with Gasteiger partial charge < -0.3 is 0 Å². The van der Waals surface area contributed by atoms with E-state index in [2.05, 4.69) is 0 Å². The molecule has 0 aromatic carbocycles. The molecular formula is C13H18O2. The second-order valence-electron chi connectivity index (χ2n) is 4.74. The van der Waals surface area contributed by atoms with Crippen LogP contribution in [0.25, 0.3) is 0 Å². The lowest BCUT2D eigenvalue weighted by molar-refractivity contribution is -0.124. The minimum atomic E-state index is 0.218. The van der Waals surface area contributed by atoms with Crippen LogP contribution in [-0.2, 0) is 9.59 Å². The number of Topliss-reactive ketones (excluding diaryl/α,β-unsaturated/α-hetero) is 1. The van der Waals surface area contributed by atoms with E-state index in [0.29, 0.717) is 12.2 Å². The molecule has 2 rings (SSSR count). The molecule has 0 radical (unpaired) electrons. The van der Waals surface area contributed by atoms with Crippen LogP contribution in [0.1, 0.15) is 51.4 Å². The van der Waals surface area contributed by atoms with Gasteiger partial charge in [-0.25, -0.2) is 0 Å². The third-order valence-electron chi connectivity index (χ3n) is 3.48. The van der Waals surface area contributed by atoms with Gasteiger partial charge in [-0.3, -0.25) is 9.59 Å². The average molecular weight is 206 g/mol. The summed E-state index contributed by atoms with van der Waals surface area (Å²) in [4.78, 5) is 22.9. The summed E-state index contributed by atoms with van der Waals surface area (Å²) in [7, 11) is 0. The molecule has 0 aromatic heterocycles. The molecule has 0 bridgehead atoms. The van der Waals surface area contributed by atoms with Crippen LogP contribution >= 0.6 is 0 Å². The smallest absolute Gasteiger partial charge is 0.155 e. The average Bonchev–Trinajstić information content (AvgIpc) is 2.22. The Morgan fingerprint density at radius 1 is 1.07 bits per heavy atom. The Morgan fingerprint density at radius 3 is 2.67 bits per heavy atom. The highest BCUT2D eigenvalue weighted by Crippen LogP contribution is 2.29. The summed E-state index contributed by atoms with van der Waals surface area (Å²) in [6.45, 7) is 0. The Kier molecular flexibility index (Phi) is 3.34. The summed E-state index contributed by atoms with van der Waals surface area (Å²) in [5.41, 5.74) is 1.21. The van der Waals surface area contributed by atoms with Crippen molar-refractivity contribution in [1.82, 2.24) is 0 Å². The maximum Gasteiger partial charge on any atom is 0.155 e. The quantitative estimate of drug-likeness (QED) is 0.696. The maximum atomic E-state index is 11.6. The number of rotatable bonds is 2. The summed E-state index contributed by atoms with van der Waals surface area (Å²) in [6, 6.07) is 0. The highest BCUT2D eigenvalue weighted by Gasteiger charge is 2.24. The van der Waals surface area contributed by atoms with Gasteiger partial charge in [0.05, 0.1) is 0 Å². The molecule has 0 aromatic rings. The monoisotopic (exact) mass is 206 g/mol. The molecule has 0 N–H and O–H groups in total. The Morgan fingerprint density at radius 2 is 1.93 bits per heavy atom. The van der Waals surface area contributed by atoms with Crippen LogP contribution in [0.3, 0.4) is 0 Å². The minimum Gasteiger partial charge on any atom is -0.299 e. The first kappa shape index (κ1) is 10.6. The highest BCUT2D eigenvalue weighted by molar-refractivity contribution is 5.91. The molecule has 2 heteroatoms. The Hall–Kier alpha value is -0.920. The third-order valence-corrected chi connectivity index (χ3v) is 3.48. The van der Waals surface area contributed by atoms with Gasteiger partial charge in [0.2, 0.25) is 0 Å². The molecule has 15 heavy (non-hydrogen) atoms. The molecule has 0 aliphatic heterocycles. The van der Waals surface area contributed by atoms with E-state index in [4.69, 9.17) is 0 Å². The second kappa shape index (κ2) is 4.73. The van der Waals surface area contributed by atoms with Crippen molar-refractivity contribution in [2.24, 2.45) is 5.92 Å². The fraction of sp³-hybridized carbons (Fsp3) is 0.692. The molecule has 0 saturated heterocycles. The number of hydrogen-bond donors (Lipinski definition) is 0. The fourth-order valence-corrected chi connectivity index (χ4v) is 2.61. The second-order valence-corrected chi connectivity index (χ2v) is 4.74. The minimum absolute atomic E-state index is 0.218. The largest absolute Gasteiger partial charge is 0.299 e. The predicted molar refractivity (Wildman–Crippen MR) is 58.5 cm³/mol. The zero-order valence-electron chi connectivity index (χ0n) is 9.13. The summed E-state index contributed by atoms with van der Waals surface area (Å²) in [5.74, 6) is 0.885. The number of carbonyl (C=O) groups excluding carboxylic acids is 2. The van der Waals surface area contributed by atoms with Gasteiger partial charge >= 0.3 is 0 Å². The molecule has 0 amide bonds. The van der Waals surface area contributed by atoms with Gasteiger partial charge in [-0.05, 0) is 38.2 Å². The lowest BCUT2D eigenvalue weighted by atomic mass is 9.81. The normalized spacial score (nSPS) is 27.7. The zero-order chi connectivity index (χ0) is 10.7. The molecule has 0 heterocycles. The predicted octanol–water partition coefficient (Wildman–Crippen LogP) is 2.82. The molecule has 1 unspecified atom stereocenters. The molecule has 0 spiro atoms. The highest BCUT2D eigenvalue weighted by atomic mass is 16.1. The van der Waals surface area contributed by atoms with Gasteiger partial charge in [0.25, 0.3) is 0 Å². The lowest BCUT2D eigenvalue weighted by Crippen LogP contribution is -2.20. The van der Waals surface area contributed by atoms with Crippen LogP contribution in [0.4, 0.5) is 0 Å². The SMILES string of the molecule is O=C1C=C(CC2CCCCC2=O)CCC1. The molecular weight excluding hydrogens is 188 g/mol. The van der Waals surface area contributed by atoms with Crippen molar-refractivity contribution in [2.75, 3.05) is 0 Å². The van der Waals surface area contributed by atoms with Crippen LogP contribution in [0.5, 0.6) is 0 Å². The summed E-state index contributed by atoms with van der Waals surface area (Å²) >= 11 is 0. The van der Waals surface area contributed by atoms with Crippen molar-refractivity contribution in [3.8, 4) is 0 Å². The van der Waals surface area contributed by atoms with Gasteiger partial charge in [0, 0.05) is 18.8 Å². The van der Waals surface area contributed by atoms with E-state index in [1.54, 1.807) is 6.08 Å². The number of allylic oxidation sites excluding steroid dienone is 2. The van der Waals surface area contributed by atoms with Gasteiger partial charge in [-0.15, -0.1) is 0 Å². The molecule has 2 aliphatic carbocycles. The number of ketones is 2.